The van der Waals surface area contributed by atoms with Crippen LogP contribution in [-0.4, -0.2) is 22.9 Å². The number of carbonyl (C=O) groups excluding carboxylic acids is 1. The SMILES string of the molecule is C/C=C/CB(O)O.C=C[C@H](C)[C@](C)(N)c1ccccc1.CC(=O)c1ccccc1. The minimum absolute atomic E-state index is 0.121. The predicted octanol–water partition coefficient (Wildman–Crippen LogP) is 4.61. The van der Waals surface area contributed by atoms with Crippen LogP contribution >= 0.6 is 0 Å². The molecule has 2 atom stereocenters. The van der Waals surface area contributed by atoms with Crippen LogP contribution in [0.4, 0.5) is 0 Å². The van der Waals surface area contributed by atoms with Gasteiger partial charge >= 0.3 is 7.12 Å². The second-order valence-electron chi connectivity index (χ2n) is 6.88. The van der Waals surface area contributed by atoms with Crippen LogP contribution < -0.4 is 5.73 Å². The summed E-state index contributed by atoms with van der Waals surface area (Å²) in [6.45, 7) is 11.3. The fourth-order valence-electron chi connectivity index (χ4n) is 2.24. The van der Waals surface area contributed by atoms with Crippen LogP contribution in [0.2, 0.25) is 6.32 Å². The van der Waals surface area contributed by atoms with Crippen LogP contribution in [0.3, 0.4) is 0 Å². The molecule has 0 aromatic heterocycles. The molecule has 4 nitrogen and oxygen atoms in total. The molecule has 5 heteroatoms. The Bertz CT molecular complexity index is 728. The minimum atomic E-state index is -1.18. The van der Waals surface area contributed by atoms with E-state index < -0.39 is 7.12 Å². The number of allylic oxidation sites excluding steroid dienone is 2. The number of Topliss-reactive ketones (excluding diaryl/α,β-unsaturated/α-hetero) is 1. The molecule has 0 heterocycles. The molecule has 0 amide bonds. The summed E-state index contributed by atoms with van der Waals surface area (Å²) in [6, 6.07) is 19.4. The fraction of sp³-hybridized carbons (Fsp3) is 0.292. The highest BCUT2D eigenvalue weighted by Gasteiger charge is 2.25. The molecule has 29 heavy (non-hydrogen) atoms. The van der Waals surface area contributed by atoms with Gasteiger partial charge in [-0.3, -0.25) is 4.79 Å². The topological polar surface area (TPSA) is 83.6 Å². The maximum absolute atomic E-state index is 10.6. The minimum Gasteiger partial charge on any atom is -0.427 e. The number of ketones is 1. The summed E-state index contributed by atoms with van der Waals surface area (Å²) in [6.07, 6.45) is 5.70. The van der Waals surface area contributed by atoms with Crippen LogP contribution in [0, 0.1) is 5.92 Å². The number of hydrogen-bond donors (Lipinski definition) is 3. The molecule has 0 aliphatic heterocycles. The van der Waals surface area contributed by atoms with E-state index in [4.69, 9.17) is 15.8 Å². The number of rotatable bonds is 6. The van der Waals surface area contributed by atoms with E-state index in [1.807, 2.05) is 68.5 Å². The molecule has 0 aliphatic rings. The monoisotopic (exact) mass is 395 g/mol. The number of hydrogen-bond acceptors (Lipinski definition) is 4. The molecule has 0 fully saturated rings. The van der Waals surface area contributed by atoms with Gasteiger partial charge in [0.2, 0.25) is 0 Å². The lowest BCUT2D eigenvalue weighted by molar-refractivity contribution is 0.101. The Kier molecular flexibility index (Phi) is 13.3. The number of carbonyl (C=O) groups is 1. The van der Waals surface area contributed by atoms with E-state index in [1.54, 1.807) is 19.1 Å². The Morgan fingerprint density at radius 2 is 1.62 bits per heavy atom. The van der Waals surface area contributed by atoms with E-state index in [2.05, 4.69) is 25.6 Å². The summed E-state index contributed by atoms with van der Waals surface area (Å²) in [7, 11) is -1.18. The molecule has 156 valence electrons. The van der Waals surface area contributed by atoms with Gasteiger partial charge in [-0.15, -0.1) is 6.58 Å². The molecule has 0 radical (unpaired) electrons. The summed E-state index contributed by atoms with van der Waals surface area (Å²) in [5, 5.41) is 16.4. The van der Waals surface area contributed by atoms with Crippen LogP contribution in [0.15, 0.2) is 85.5 Å². The van der Waals surface area contributed by atoms with Gasteiger partial charge in [-0.25, -0.2) is 0 Å². The molecule has 0 aliphatic carbocycles. The zero-order valence-electron chi connectivity index (χ0n) is 18.0. The quantitative estimate of drug-likeness (QED) is 0.379. The first kappa shape index (κ1) is 26.5. The first-order valence-electron chi connectivity index (χ1n) is 9.67. The smallest absolute Gasteiger partial charge is 0.427 e. The maximum Gasteiger partial charge on any atom is 0.455 e. The van der Waals surface area contributed by atoms with Crippen molar-refractivity contribution in [3.63, 3.8) is 0 Å². The number of benzene rings is 2. The lowest BCUT2D eigenvalue weighted by atomic mass is 9.82. The molecular formula is C24H34BNO3. The molecule has 2 rings (SSSR count). The molecule has 0 saturated carbocycles. The highest BCUT2D eigenvalue weighted by molar-refractivity contribution is 6.41. The first-order valence-corrected chi connectivity index (χ1v) is 9.67. The average Bonchev–Trinajstić information content (AvgIpc) is 2.73. The summed E-state index contributed by atoms with van der Waals surface area (Å²) < 4.78 is 0. The molecule has 0 bridgehead atoms. The Morgan fingerprint density at radius 3 is 1.93 bits per heavy atom. The Morgan fingerprint density at radius 1 is 1.14 bits per heavy atom. The van der Waals surface area contributed by atoms with Gasteiger partial charge < -0.3 is 15.8 Å². The fourth-order valence-corrected chi connectivity index (χ4v) is 2.24. The van der Waals surface area contributed by atoms with E-state index in [9.17, 15) is 4.79 Å². The van der Waals surface area contributed by atoms with Gasteiger partial charge in [0.25, 0.3) is 0 Å². The van der Waals surface area contributed by atoms with Crippen LogP contribution in [0.25, 0.3) is 0 Å². The van der Waals surface area contributed by atoms with Gasteiger partial charge in [0.05, 0.1) is 0 Å². The van der Waals surface area contributed by atoms with Crippen molar-refractivity contribution in [3.05, 3.63) is 96.6 Å². The molecule has 0 spiro atoms. The third-order valence-corrected chi connectivity index (χ3v) is 4.46. The van der Waals surface area contributed by atoms with Gasteiger partial charge in [0.15, 0.2) is 5.78 Å². The zero-order valence-corrected chi connectivity index (χ0v) is 18.0. The Labute approximate surface area is 175 Å². The highest BCUT2D eigenvalue weighted by Crippen LogP contribution is 2.26. The van der Waals surface area contributed by atoms with Gasteiger partial charge in [-0.2, -0.15) is 0 Å². The third kappa shape index (κ3) is 11.2. The summed E-state index contributed by atoms with van der Waals surface area (Å²) >= 11 is 0. The maximum atomic E-state index is 10.6. The van der Waals surface area contributed by atoms with Crippen molar-refractivity contribution in [2.75, 3.05) is 0 Å². The van der Waals surface area contributed by atoms with Gasteiger partial charge in [0.1, 0.15) is 0 Å². The number of nitrogens with two attached hydrogens (primary N) is 1. The van der Waals surface area contributed by atoms with E-state index in [0.717, 1.165) is 11.1 Å². The van der Waals surface area contributed by atoms with Crippen LogP contribution in [0.5, 0.6) is 0 Å². The highest BCUT2D eigenvalue weighted by atomic mass is 16.4. The zero-order chi connectivity index (χ0) is 22.3. The van der Waals surface area contributed by atoms with Gasteiger partial charge in [-0.05, 0) is 38.6 Å². The van der Waals surface area contributed by atoms with E-state index >= 15 is 0 Å². The second kappa shape index (κ2) is 14.5. The molecule has 4 N–H and O–H groups in total. The average molecular weight is 395 g/mol. The summed E-state index contributed by atoms with van der Waals surface area (Å²) in [4.78, 5) is 10.6. The molecule has 2 aromatic carbocycles. The molecule has 0 unspecified atom stereocenters. The first-order chi connectivity index (χ1) is 13.7. The lowest BCUT2D eigenvalue weighted by Crippen LogP contribution is -2.38. The van der Waals surface area contributed by atoms with Crippen molar-refractivity contribution < 1.29 is 14.8 Å². The Hall–Kier alpha value is -2.47. The second-order valence-corrected chi connectivity index (χ2v) is 6.88. The standard InChI is InChI=1S/C12H17N.C8H8O.C4H9BO2/c1-4-10(2)12(3,13)11-8-6-5-7-9-11;1-7(9)8-5-3-2-4-6-8;1-2-3-4-5(6)7/h4-10H,1,13H2,2-3H3;2-6H,1H3;2-3,6-7H,4H2,1H3/b;;3-2+/t10-,12-;;/m0../s1. The van der Waals surface area contributed by atoms with Crippen molar-refractivity contribution in [2.24, 2.45) is 11.7 Å². The normalized spacial score (nSPS) is 13.1. The van der Waals surface area contributed by atoms with Crippen molar-refractivity contribution in [1.29, 1.82) is 0 Å². The largest absolute Gasteiger partial charge is 0.455 e. The van der Waals surface area contributed by atoms with Crippen LogP contribution in [-0.2, 0) is 5.54 Å². The van der Waals surface area contributed by atoms with Crippen molar-refractivity contribution in [1.82, 2.24) is 0 Å². The Balaban J connectivity index is 0.000000430. The molecule has 0 saturated heterocycles. The van der Waals surface area contributed by atoms with E-state index in [0.29, 0.717) is 6.32 Å². The lowest BCUT2D eigenvalue weighted by Gasteiger charge is -2.30. The van der Waals surface area contributed by atoms with Crippen molar-refractivity contribution >= 4 is 12.9 Å². The van der Waals surface area contributed by atoms with E-state index in [-0.39, 0.29) is 17.2 Å². The van der Waals surface area contributed by atoms with Crippen molar-refractivity contribution in [2.45, 2.75) is 39.6 Å². The van der Waals surface area contributed by atoms with Crippen molar-refractivity contribution in [3.8, 4) is 0 Å². The summed E-state index contributed by atoms with van der Waals surface area (Å²) in [5.74, 6) is 0.394. The predicted molar refractivity (Wildman–Crippen MR) is 124 cm³/mol. The van der Waals surface area contributed by atoms with Gasteiger partial charge in [-0.1, -0.05) is 85.8 Å². The summed E-state index contributed by atoms with van der Waals surface area (Å²) in [5.41, 5.74) is 7.83. The third-order valence-electron chi connectivity index (χ3n) is 4.46. The molecule has 2 aromatic rings. The van der Waals surface area contributed by atoms with Crippen LogP contribution in [0.1, 0.15) is 43.6 Å². The molecular weight excluding hydrogens is 361 g/mol. The van der Waals surface area contributed by atoms with E-state index in [1.165, 1.54) is 0 Å². The van der Waals surface area contributed by atoms with Gasteiger partial charge in [0, 0.05) is 11.1 Å².